The standard InChI is InChI=1S/C9H10N4S/c1-7-11-9(14-12-7)13(2)8-5-3-4-6-10-8/h3-6H,1-2H3. The Balaban J connectivity index is 2.29. The van der Waals surface area contributed by atoms with Crippen LogP contribution in [0.25, 0.3) is 0 Å². The van der Waals surface area contributed by atoms with Gasteiger partial charge in [0.25, 0.3) is 0 Å². The fourth-order valence-electron chi connectivity index (χ4n) is 1.07. The maximum atomic E-state index is 4.28. The third kappa shape index (κ3) is 1.72. The summed E-state index contributed by atoms with van der Waals surface area (Å²) in [6.07, 6.45) is 1.76. The fraction of sp³-hybridized carbons (Fsp3) is 0.222. The number of anilines is 2. The Bertz CT molecular complexity index is 412. The predicted molar refractivity (Wildman–Crippen MR) is 56.9 cm³/mol. The minimum absolute atomic E-state index is 0.799. The van der Waals surface area contributed by atoms with Gasteiger partial charge in [-0.15, -0.1) is 0 Å². The highest BCUT2D eigenvalue weighted by molar-refractivity contribution is 7.09. The summed E-state index contributed by atoms with van der Waals surface area (Å²) in [5.74, 6) is 1.68. The van der Waals surface area contributed by atoms with Gasteiger partial charge in [0.05, 0.1) is 0 Å². The first-order valence-corrected chi connectivity index (χ1v) is 5.00. The number of aryl methyl sites for hydroxylation is 1. The molecular formula is C9H10N4S. The topological polar surface area (TPSA) is 41.9 Å². The molecule has 0 amide bonds. The average Bonchev–Trinajstić information content (AvgIpc) is 2.65. The molecule has 0 aliphatic heterocycles. The smallest absolute Gasteiger partial charge is 0.210 e. The van der Waals surface area contributed by atoms with Crippen LogP contribution in [0.3, 0.4) is 0 Å². The molecular weight excluding hydrogens is 196 g/mol. The van der Waals surface area contributed by atoms with Crippen LogP contribution in [-0.4, -0.2) is 21.4 Å². The van der Waals surface area contributed by atoms with Crippen molar-refractivity contribution in [3.63, 3.8) is 0 Å². The van der Waals surface area contributed by atoms with Crippen LogP contribution in [0.5, 0.6) is 0 Å². The van der Waals surface area contributed by atoms with Crippen LogP contribution in [0, 0.1) is 6.92 Å². The second-order valence-corrected chi connectivity index (χ2v) is 3.60. The van der Waals surface area contributed by atoms with E-state index in [1.165, 1.54) is 11.5 Å². The van der Waals surface area contributed by atoms with Crippen LogP contribution in [-0.2, 0) is 0 Å². The Kier molecular flexibility index (Phi) is 2.41. The zero-order valence-corrected chi connectivity index (χ0v) is 8.82. The third-order valence-corrected chi connectivity index (χ3v) is 2.68. The summed E-state index contributed by atoms with van der Waals surface area (Å²) in [5.41, 5.74) is 0. The highest BCUT2D eigenvalue weighted by atomic mass is 32.1. The van der Waals surface area contributed by atoms with Gasteiger partial charge in [0, 0.05) is 24.8 Å². The lowest BCUT2D eigenvalue weighted by molar-refractivity contribution is 1.08. The summed E-state index contributed by atoms with van der Waals surface area (Å²) in [7, 11) is 1.93. The molecule has 0 aromatic carbocycles. The van der Waals surface area contributed by atoms with Gasteiger partial charge in [-0.05, 0) is 19.1 Å². The molecule has 2 aromatic rings. The monoisotopic (exact) mass is 206 g/mol. The molecule has 0 saturated heterocycles. The molecule has 0 aliphatic rings. The van der Waals surface area contributed by atoms with Crippen LogP contribution in [0.1, 0.15) is 5.82 Å². The second-order valence-electron chi connectivity index (χ2n) is 2.87. The van der Waals surface area contributed by atoms with Crippen molar-refractivity contribution in [1.82, 2.24) is 14.3 Å². The number of hydrogen-bond acceptors (Lipinski definition) is 5. The van der Waals surface area contributed by atoms with Gasteiger partial charge in [0.1, 0.15) is 11.6 Å². The van der Waals surface area contributed by atoms with E-state index in [-0.39, 0.29) is 0 Å². The molecule has 0 unspecified atom stereocenters. The van der Waals surface area contributed by atoms with Crippen molar-refractivity contribution in [2.75, 3.05) is 11.9 Å². The van der Waals surface area contributed by atoms with Crippen molar-refractivity contribution in [3.8, 4) is 0 Å². The molecule has 0 bridgehead atoms. The summed E-state index contributed by atoms with van der Waals surface area (Å²) < 4.78 is 4.12. The van der Waals surface area contributed by atoms with E-state index in [1.54, 1.807) is 6.20 Å². The average molecular weight is 206 g/mol. The van der Waals surface area contributed by atoms with E-state index in [9.17, 15) is 0 Å². The fourth-order valence-corrected chi connectivity index (χ4v) is 1.72. The molecule has 0 spiro atoms. The number of rotatable bonds is 2. The normalized spacial score (nSPS) is 10.1. The van der Waals surface area contributed by atoms with E-state index in [1.807, 2.05) is 37.1 Å². The zero-order chi connectivity index (χ0) is 9.97. The summed E-state index contributed by atoms with van der Waals surface area (Å²) >= 11 is 1.38. The molecule has 2 heterocycles. The SMILES string of the molecule is Cc1nsc(N(C)c2ccccn2)n1. The van der Waals surface area contributed by atoms with Gasteiger partial charge in [-0.25, -0.2) is 9.97 Å². The van der Waals surface area contributed by atoms with E-state index in [0.717, 1.165) is 16.8 Å². The maximum Gasteiger partial charge on any atom is 0.210 e. The van der Waals surface area contributed by atoms with Gasteiger partial charge in [0.2, 0.25) is 5.13 Å². The Morgan fingerprint density at radius 2 is 2.21 bits per heavy atom. The maximum absolute atomic E-state index is 4.28. The molecule has 0 fully saturated rings. The summed E-state index contributed by atoms with van der Waals surface area (Å²) in [4.78, 5) is 10.4. The Morgan fingerprint density at radius 3 is 2.79 bits per heavy atom. The molecule has 0 aliphatic carbocycles. The van der Waals surface area contributed by atoms with Crippen LogP contribution in [0.2, 0.25) is 0 Å². The van der Waals surface area contributed by atoms with Gasteiger partial charge in [-0.3, -0.25) is 0 Å². The van der Waals surface area contributed by atoms with Crippen molar-refractivity contribution >= 4 is 22.5 Å². The Labute approximate surface area is 86.4 Å². The lowest BCUT2D eigenvalue weighted by Crippen LogP contribution is -2.10. The minimum atomic E-state index is 0.799. The summed E-state index contributed by atoms with van der Waals surface area (Å²) in [5, 5.41) is 0.862. The van der Waals surface area contributed by atoms with Crippen molar-refractivity contribution < 1.29 is 0 Å². The first kappa shape index (κ1) is 9.08. The predicted octanol–water partition coefficient (Wildman–Crippen LogP) is 2.01. The molecule has 2 rings (SSSR count). The number of nitrogens with zero attached hydrogens (tertiary/aromatic N) is 4. The molecule has 0 atom stereocenters. The molecule has 2 aromatic heterocycles. The molecule has 14 heavy (non-hydrogen) atoms. The quantitative estimate of drug-likeness (QED) is 0.753. The number of pyridine rings is 1. The first-order chi connectivity index (χ1) is 6.77. The van der Waals surface area contributed by atoms with Crippen molar-refractivity contribution in [2.45, 2.75) is 6.92 Å². The molecule has 5 heteroatoms. The molecule has 72 valence electrons. The molecule has 4 nitrogen and oxygen atoms in total. The lowest BCUT2D eigenvalue weighted by Gasteiger charge is -2.12. The van der Waals surface area contributed by atoms with Gasteiger partial charge in [0.15, 0.2) is 0 Å². The first-order valence-electron chi connectivity index (χ1n) is 4.22. The minimum Gasteiger partial charge on any atom is -0.304 e. The Morgan fingerprint density at radius 1 is 1.36 bits per heavy atom. The van der Waals surface area contributed by atoms with Crippen molar-refractivity contribution in [3.05, 3.63) is 30.2 Å². The van der Waals surface area contributed by atoms with E-state index in [4.69, 9.17) is 0 Å². The van der Waals surface area contributed by atoms with E-state index < -0.39 is 0 Å². The highest BCUT2D eigenvalue weighted by Gasteiger charge is 2.08. The van der Waals surface area contributed by atoms with Gasteiger partial charge in [-0.1, -0.05) is 6.07 Å². The van der Waals surface area contributed by atoms with Crippen molar-refractivity contribution in [2.24, 2.45) is 0 Å². The number of hydrogen-bond donors (Lipinski definition) is 0. The zero-order valence-electron chi connectivity index (χ0n) is 8.01. The molecule has 0 saturated carbocycles. The van der Waals surface area contributed by atoms with Crippen LogP contribution >= 0.6 is 11.5 Å². The highest BCUT2D eigenvalue weighted by Crippen LogP contribution is 2.22. The Hall–Kier alpha value is -1.49. The van der Waals surface area contributed by atoms with Gasteiger partial charge >= 0.3 is 0 Å². The lowest BCUT2D eigenvalue weighted by atomic mass is 10.4. The third-order valence-electron chi connectivity index (χ3n) is 1.80. The van der Waals surface area contributed by atoms with Gasteiger partial charge < -0.3 is 4.90 Å². The van der Waals surface area contributed by atoms with E-state index in [0.29, 0.717) is 0 Å². The van der Waals surface area contributed by atoms with Crippen LogP contribution in [0.15, 0.2) is 24.4 Å². The van der Waals surface area contributed by atoms with Crippen LogP contribution in [0.4, 0.5) is 10.9 Å². The number of aromatic nitrogens is 3. The van der Waals surface area contributed by atoms with Crippen molar-refractivity contribution in [1.29, 1.82) is 0 Å². The van der Waals surface area contributed by atoms with Gasteiger partial charge in [-0.2, -0.15) is 4.37 Å². The summed E-state index contributed by atoms with van der Waals surface area (Å²) in [6.45, 7) is 1.88. The molecule has 0 radical (unpaired) electrons. The van der Waals surface area contributed by atoms with Crippen LogP contribution < -0.4 is 4.90 Å². The second kappa shape index (κ2) is 3.71. The largest absolute Gasteiger partial charge is 0.304 e. The summed E-state index contributed by atoms with van der Waals surface area (Å²) in [6, 6.07) is 5.78. The molecule has 0 N–H and O–H groups in total. The van der Waals surface area contributed by atoms with E-state index >= 15 is 0 Å². The van der Waals surface area contributed by atoms with E-state index in [2.05, 4.69) is 14.3 Å².